The smallest absolute Gasteiger partial charge is 0.172 e. The van der Waals surface area contributed by atoms with Crippen LogP contribution in [-0.4, -0.2) is 15.2 Å². The SMILES string of the molecule is Cc1ccc2c(c1)[C@@H](N[C@@H](c1ccccc1)c1n[nH]c(C)n1)CC2. The maximum atomic E-state index is 4.57. The lowest BCUT2D eigenvalue weighted by Gasteiger charge is -2.22. The van der Waals surface area contributed by atoms with E-state index in [1.54, 1.807) is 0 Å². The zero-order valence-electron chi connectivity index (χ0n) is 14.1. The molecule has 0 unspecified atom stereocenters. The van der Waals surface area contributed by atoms with Gasteiger partial charge in [-0.05, 0) is 43.4 Å². The summed E-state index contributed by atoms with van der Waals surface area (Å²) in [5, 5.41) is 11.2. The molecular weight excluding hydrogens is 296 g/mol. The van der Waals surface area contributed by atoms with Crippen molar-refractivity contribution in [3.63, 3.8) is 0 Å². The fourth-order valence-corrected chi connectivity index (χ4v) is 3.55. The van der Waals surface area contributed by atoms with E-state index in [4.69, 9.17) is 0 Å². The first-order chi connectivity index (χ1) is 11.7. The number of fused-ring (bicyclic) bond motifs is 1. The number of H-pyrrole nitrogens is 1. The Kier molecular flexibility index (Phi) is 3.90. The molecule has 1 aliphatic rings. The molecule has 0 fully saturated rings. The summed E-state index contributed by atoms with van der Waals surface area (Å²) in [5.74, 6) is 1.65. The van der Waals surface area contributed by atoms with E-state index in [9.17, 15) is 0 Å². The van der Waals surface area contributed by atoms with Gasteiger partial charge in [0.2, 0.25) is 0 Å². The van der Waals surface area contributed by atoms with Crippen LogP contribution in [0.3, 0.4) is 0 Å². The van der Waals surface area contributed by atoms with Gasteiger partial charge in [0, 0.05) is 6.04 Å². The second-order valence-electron chi connectivity index (χ2n) is 6.58. The second kappa shape index (κ2) is 6.21. The van der Waals surface area contributed by atoms with E-state index in [2.05, 4.69) is 69.9 Å². The Morgan fingerprint density at radius 3 is 2.71 bits per heavy atom. The third-order valence-electron chi connectivity index (χ3n) is 4.75. The number of aromatic nitrogens is 3. The van der Waals surface area contributed by atoms with Crippen molar-refractivity contribution in [1.29, 1.82) is 0 Å². The highest BCUT2D eigenvalue weighted by molar-refractivity contribution is 5.38. The number of benzene rings is 2. The molecule has 122 valence electrons. The lowest BCUT2D eigenvalue weighted by molar-refractivity contribution is 0.470. The standard InChI is InChI=1S/C20H22N4/c1-13-8-9-15-10-11-18(17(15)12-13)22-19(16-6-4-3-5-7-16)20-21-14(2)23-24-20/h3-9,12,18-19,22H,10-11H2,1-2H3,(H,21,23,24)/t18-,19-/m0/s1. The van der Waals surface area contributed by atoms with Gasteiger partial charge in [0.05, 0.1) is 6.04 Å². The molecule has 0 saturated carbocycles. The third-order valence-corrected chi connectivity index (χ3v) is 4.75. The number of aryl methyl sites for hydroxylation is 3. The van der Waals surface area contributed by atoms with Gasteiger partial charge < -0.3 is 0 Å². The maximum Gasteiger partial charge on any atom is 0.172 e. The van der Waals surface area contributed by atoms with E-state index in [1.807, 2.05) is 13.0 Å². The molecule has 3 aromatic rings. The summed E-state index contributed by atoms with van der Waals surface area (Å²) < 4.78 is 0. The molecule has 0 amide bonds. The molecular formula is C20H22N4. The Balaban J connectivity index is 1.68. The van der Waals surface area contributed by atoms with Gasteiger partial charge in [-0.15, -0.1) is 0 Å². The Bertz CT molecular complexity index is 838. The van der Waals surface area contributed by atoms with Crippen molar-refractivity contribution in [3.8, 4) is 0 Å². The summed E-state index contributed by atoms with van der Waals surface area (Å²) in [6.45, 7) is 4.09. The molecule has 0 bridgehead atoms. The monoisotopic (exact) mass is 318 g/mol. The molecule has 1 heterocycles. The van der Waals surface area contributed by atoms with Gasteiger partial charge in [0.1, 0.15) is 5.82 Å². The van der Waals surface area contributed by atoms with Gasteiger partial charge in [-0.1, -0.05) is 54.1 Å². The summed E-state index contributed by atoms with van der Waals surface area (Å²) >= 11 is 0. The predicted octanol–water partition coefficient (Wildman–Crippen LogP) is 3.79. The van der Waals surface area contributed by atoms with Crippen molar-refractivity contribution in [1.82, 2.24) is 20.5 Å². The lowest BCUT2D eigenvalue weighted by Crippen LogP contribution is -2.27. The van der Waals surface area contributed by atoms with Crippen LogP contribution < -0.4 is 5.32 Å². The predicted molar refractivity (Wildman–Crippen MR) is 94.8 cm³/mol. The highest BCUT2D eigenvalue weighted by Gasteiger charge is 2.27. The summed E-state index contributed by atoms with van der Waals surface area (Å²) in [4.78, 5) is 4.57. The molecule has 2 atom stereocenters. The van der Waals surface area contributed by atoms with Crippen molar-refractivity contribution >= 4 is 0 Å². The Labute approximate surface area is 142 Å². The van der Waals surface area contributed by atoms with E-state index in [-0.39, 0.29) is 6.04 Å². The number of rotatable bonds is 4. The van der Waals surface area contributed by atoms with Crippen molar-refractivity contribution in [3.05, 3.63) is 82.4 Å². The minimum atomic E-state index is -0.00684. The summed E-state index contributed by atoms with van der Waals surface area (Å²) in [5.41, 5.74) is 5.38. The molecule has 4 rings (SSSR count). The molecule has 0 aliphatic heterocycles. The third kappa shape index (κ3) is 2.85. The van der Waals surface area contributed by atoms with Crippen LogP contribution in [0.2, 0.25) is 0 Å². The van der Waals surface area contributed by atoms with E-state index >= 15 is 0 Å². The van der Waals surface area contributed by atoms with Crippen LogP contribution in [0.25, 0.3) is 0 Å². The topological polar surface area (TPSA) is 53.6 Å². The van der Waals surface area contributed by atoms with Crippen LogP contribution >= 0.6 is 0 Å². The highest BCUT2D eigenvalue weighted by atomic mass is 15.2. The molecule has 24 heavy (non-hydrogen) atoms. The number of aromatic amines is 1. The molecule has 4 heteroatoms. The molecule has 2 aromatic carbocycles. The largest absolute Gasteiger partial charge is 0.297 e. The molecule has 1 aromatic heterocycles. The minimum Gasteiger partial charge on any atom is -0.297 e. The molecule has 4 nitrogen and oxygen atoms in total. The van der Waals surface area contributed by atoms with E-state index < -0.39 is 0 Å². The fraction of sp³-hybridized carbons (Fsp3) is 0.300. The first kappa shape index (κ1) is 15.1. The average molecular weight is 318 g/mol. The van der Waals surface area contributed by atoms with Crippen molar-refractivity contribution in [2.24, 2.45) is 0 Å². The molecule has 0 spiro atoms. The number of nitrogens with one attached hydrogen (secondary N) is 2. The van der Waals surface area contributed by atoms with Crippen LogP contribution in [0.15, 0.2) is 48.5 Å². The van der Waals surface area contributed by atoms with Crippen LogP contribution in [-0.2, 0) is 6.42 Å². The van der Waals surface area contributed by atoms with Crippen LogP contribution in [0.5, 0.6) is 0 Å². The number of hydrogen-bond acceptors (Lipinski definition) is 3. The van der Waals surface area contributed by atoms with Crippen molar-refractivity contribution in [2.75, 3.05) is 0 Å². The average Bonchev–Trinajstić information content (AvgIpc) is 3.19. The van der Waals surface area contributed by atoms with Crippen molar-refractivity contribution in [2.45, 2.75) is 38.8 Å². The fourth-order valence-electron chi connectivity index (χ4n) is 3.55. The van der Waals surface area contributed by atoms with Crippen molar-refractivity contribution < 1.29 is 0 Å². The zero-order chi connectivity index (χ0) is 16.5. The maximum absolute atomic E-state index is 4.57. The Morgan fingerprint density at radius 1 is 1.12 bits per heavy atom. The molecule has 0 saturated heterocycles. The zero-order valence-corrected chi connectivity index (χ0v) is 14.1. The van der Waals surface area contributed by atoms with Crippen LogP contribution in [0.4, 0.5) is 0 Å². The molecule has 0 radical (unpaired) electrons. The Hall–Kier alpha value is -2.46. The van der Waals surface area contributed by atoms with Gasteiger partial charge in [-0.2, -0.15) is 5.10 Å². The van der Waals surface area contributed by atoms with E-state index in [0.29, 0.717) is 6.04 Å². The summed E-state index contributed by atoms with van der Waals surface area (Å²) in [6, 6.07) is 17.5. The first-order valence-corrected chi connectivity index (χ1v) is 8.50. The van der Waals surface area contributed by atoms with Gasteiger partial charge >= 0.3 is 0 Å². The van der Waals surface area contributed by atoms with Gasteiger partial charge in [-0.25, -0.2) is 4.98 Å². The van der Waals surface area contributed by atoms with Gasteiger partial charge in [0.25, 0.3) is 0 Å². The van der Waals surface area contributed by atoms with E-state index in [0.717, 1.165) is 24.5 Å². The summed E-state index contributed by atoms with van der Waals surface area (Å²) in [7, 11) is 0. The molecule has 2 N–H and O–H groups in total. The minimum absolute atomic E-state index is 0.00684. The Morgan fingerprint density at radius 2 is 1.96 bits per heavy atom. The van der Waals surface area contributed by atoms with Gasteiger partial charge in [-0.3, -0.25) is 10.4 Å². The van der Waals surface area contributed by atoms with Gasteiger partial charge in [0.15, 0.2) is 5.82 Å². The lowest BCUT2D eigenvalue weighted by atomic mass is 10.0. The highest BCUT2D eigenvalue weighted by Crippen LogP contribution is 2.34. The van der Waals surface area contributed by atoms with Crippen LogP contribution in [0.1, 0.15) is 52.4 Å². The normalized spacial score (nSPS) is 17.7. The van der Waals surface area contributed by atoms with E-state index in [1.165, 1.54) is 22.3 Å². The second-order valence-corrected chi connectivity index (χ2v) is 6.58. The number of hydrogen-bond donors (Lipinski definition) is 2. The summed E-state index contributed by atoms with van der Waals surface area (Å²) in [6.07, 6.45) is 2.24. The quantitative estimate of drug-likeness (QED) is 0.769. The number of nitrogens with zero attached hydrogens (tertiary/aromatic N) is 2. The molecule has 1 aliphatic carbocycles. The van der Waals surface area contributed by atoms with Crippen LogP contribution in [0, 0.1) is 13.8 Å². The first-order valence-electron chi connectivity index (χ1n) is 8.50.